The maximum Gasteiger partial charge on any atom is 0.0332 e. The van der Waals surface area contributed by atoms with Crippen molar-refractivity contribution >= 4 is 26.4 Å². The molecule has 1 unspecified atom stereocenters. The first-order chi connectivity index (χ1) is 7.90. The van der Waals surface area contributed by atoms with Gasteiger partial charge in [-0.05, 0) is 27.4 Å². The maximum absolute atomic E-state index is 2.42. The van der Waals surface area contributed by atoms with Gasteiger partial charge in [-0.2, -0.15) is 0 Å². The van der Waals surface area contributed by atoms with Gasteiger partial charge in [0.2, 0.25) is 0 Å². The van der Waals surface area contributed by atoms with Crippen LogP contribution in [0.15, 0.2) is 42.5 Å². The van der Waals surface area contributed by atoms with E-state index in [0.717, 1.165) is 5.54 Å². The molecule has 0 radical (unpaired) electrons. The lowest BCUT2D eigenvalue weighted by atomic mass is 9.93. The van der Waals surface area contributed by atoms with Crippen molar-refractivity contribution in [3.63, 3.8) is 0 Å². The van der Waals surface area contributed by atoms with Crippen molar-refractivity contribution < 1.29 is 0 Å². The Hall–Kier alpha value is -1.34. The van der Waals surface area contributed by atoms with Gasteiger partial charge >= 0.3 is 0 Å². The fraction of sp³-hybridized carbons (Fsp3) is 0.200. The number of hydrogen-bond donors (Lipinski definition) is 0. The van der Waals surface area contributed by atoms with E-state index in [0.29, 0.717) is 0 Å². The van der Waals surface area contributed by atoms with Crippen LogP contribution >= 0.6 is 0 Å². The molecule has 1 aliphatic carbocycles. The van der Waals surface area contributed by atoms with Crippen LogP contribution < -0.4 is 0 Å². The summed E-state index contributed by atoms with van der Waals surface area (Å²) in [6.45, 7) is 2.32. The molecule has 2 aromatic carbocycles. The predicted molar refractivity (Wildman–Crippen MR) is 74.7 cm³/mol. The lowest BCUT2D eigenvalue weighted by Crippen LogP contribution is -2.07. The third kappa shape index (κ3) is 1.43. The molecule has 0 heterocycles. The molecule has 0 aromatic heterocycles. The summed E-state index contributed by atoms with van der Waals surface area (Å²) in [4.78, 5) is 0. The number of benzene rings is 2. The zero-order valence-corrected chi connectivity index (χ0v) is 11.0. The zero-order chi connectivity index (χ0) is 11.0. The Morgan fingerprint density at radius 2 is 1.94 bits per heavy atom. The molecule has 16 heavy (non-hydrogen) atoms. The van der Waals surface area contributed by atoms with Crippen molar-refractivity contribution in [2.24, 2.45) is 0 Å². The van der Waals surface area contributed by atoms with E-state index in [1.807, 2.05) is 0 Å². The standard InChI is InChI=1S/C15H16Si/c1-2-16-14-10-9-12-6-3-5-11-7-4-8-13(14)15(11)12/h3-10,14H,2,16H2,1H3. The third-order valence-corrected chi connectivity index (χ3v) is 5.39. The Bertz CT molecular complexity index is 549. The summed E-state index contributed by atoms with van der Waals surface area (Å²) in [5, 5.41) is 2.90. The molecule has 0 bridgehead atoms. The summed E-state index contributed by atoms with van der Waals surface area (Å²) in [5.41, 5.74) is 3.72. The molecular weight excluding hydrogens is 208 g/mol. The van der Waals surface area contributed by atoms with Gasteiger partial charge in [-0.25, -0.2) is 0 Å². The molecule has 0 amide bonds. The Labute approximate surface area is 98.8 Å². The van der Waals surface area contributed by atoms with Gasteiger partial charge in [0.1, 0.15) is 0 Å². The van der Waals surface area contributed by atoms with Crippen molar-refractivity contribution in [1.29, 1.82) is 0 Å². The average Bonchev–Trinajstić information content (AvgIpc) is 2.33. The summed E-state index contributed by atoms with van der Waals surface area (Å²) >= 11 is 0. The quantitative estimate of drug-likeness (QED) is 0.685. The largest absolute Gasteiger partial charge is 0.0798 e. The highest BCUT2D eigenvalue weighted by molar-refractivity contribution is 6.39. The van der Waals surface area contributed by atoms with E-state index >= 15 is 0 Å². The topological polar surface area (TPSA) is 0 Å². The lowest BCUT2D eigenvalue weighted by molar-refractivity contribution is 1.18. The molecule has 1 atom stereocenters. The second-order valence-corrected chi connectivity index (χ2v) is 7.00. The number of hydrogen-bond acceptors (Lipinski definition) is 0. The van der Waals surface area contributed by atoms with E-state index in [9.17, 15) is 0 Å². The van der Waals surface area contributed by atoms with E-state index in [1.165, 1.54) is 22.4 Å². The summed E-state index contributed by atoms with van der Waals surface area (Å²) in [6, 6.07) is 14.8. The highest BCUT2D eigenvalue weighted by Gasteiger charge is 2.16. The third-order valence-electron chi connectivity index (χ3n) is 3.48. The minimum absolute atomic E-state index is 0.00693. The average molecular weight is 224 g/mol. The highest BCUT2D eigenvalue weighted by atomic mass is 28.2. The zero-order valence-electron chi connectivity index (χ0n) is 9.61. The monoisotopic (exact) mass is 224 g/mol. The summed E-state index contributed by atoms with van der Waals surface area (Å²) < 4.78 is 0. The molecule has 0 spiro atoms. The second-order valence-electron chi connectivity index (χ2n) is 4.55. The van der Waals surface area contributed by atoms with Gasteiger partial charge in [0.05, 0.1) is 0 Å². The Morgan fingerprint density at radius 3 is 2.75 bits per heavy atom. The van der Waals surface area contributed by atoms with Crippen LogP contribution in [0.25, 0.3) is 16.8 Å². The molecule has 1 aliphatic rings. The molecule has 0 N–H and O–H groups in total. The normalized spacial score (nSPS) is 18.7. The molecule has 0 saturated carbocycles. The molecule has 0 fully saturated rings. The second kappa shape index (κ2) is 3.91. The van der Waals surface area contributed by atoms with E-state index in [-0.39, 0.29) is 9.52 Å². The first-order valence-corrected chi connectivity index (χ1v) is 7.91. The van der Waals surface area contributed by atoms with Gasteiger partial charge in [-0.15, -0.1) is 0 Å². The number of allylic oxidation sites excluding steroid dienone is 1. The van der Waals surface area contributed by atoms with Gasteiger partial charge in [-0.1, -0.05) is 61.5 Å². The SMILES string of the molecule is CC[SiH2]C1C=Cc2cccc3cccc1c23. The van der Waals surface area contributed by atoms with Crippen LogP contribution in [0.4, 0.5) is 0 Å². The maximum atomic E-state index is 2.42. The van der Waals surface area contributed by atoms with Crippen molar-refractivity contribution in [3.8, 4) is 0 Å². The fourth-order valence-electron chi connectivity index (χ4n) is 2.73. The molecule has 0 saturated heterocycles. The van der Waals surface area contributed by atoms with Gasteiger partial charge < -0.3 is 0 Å². The highest BCUT2D eigenvalue weighted by Crippen LogP contribution is 2.34. The fourth-order valence-corrected chi connectivity index (χ4v) is 4.34. The van der Waals surface area contributed by atoms with Crippen molar-refractivity contribution in [2.45, 2.75) is 18.5 Å². The summed E-state index contributed by atoms with van der Waals surface area (Å²) in [6.07, 6.45) is 4.75. The van der Waals surface area contributed by atoms with Crippen molar-refractivity contribution in [3.05, 3.63) is 53.6 Å². The van der Waals surface area contributed by atoms with E-state index in [2.05, 4.69) is 55.5 Å². The van der Waals surface area contributed by atoms with Gasteiger partial charge in [-0.3, -0.25) is 0 Å². The minimum Gasteiger partial charge on any atom is -0.0798 e. The minimum atomic E-state index is 0.00693. The predicted octanol–water partition coefficient (Wildman–Crippen LogP) is 3.51. The molecular formula is C15H16Si. The van der Waals surface area contributed by atoms with Crippen LogP contribution in [0.2, 0.25) is 6.04 Å². The summed E-state index contributed by atoms with van der Waals surface area (Å²) in [7, 11) is 0.00693. The van der Waals surface area contributed by atoms with E-state index < -0.39 is 0 Å². The first kappa shape index (κ1) is 9.85. The Balaban J connectivity index is 2.27. The van der Waals surface area contributed by atoms with Crippen molar-refractivity contribution in [1.82, 2.24) is 0 Å². The molecule has 1 heteroatoms. The Kier molecular flexibility index (Phi) is 2.41. The van der Waals surface area contributed by atoms with Crippen LogP contribution in [0.3, 0.4) is 0 Å². The first-order valence-electron chi connectivity index (χ1n) is 6.10. The molecule has 0 nitrogen and oxygen atoms in total. The Morgan fingerprint density at radius 1 is 1.12 bits per heavy atom. The van der Waals surface area contributed by atoms with Crippen LogP contribution in [-0.4, -0.2) is 9.52 Å². The smallest absolute Gasteiger partial charge is 0.0332 e. The molecule has 0 aliphatic heterocycles. The van der Waals surface area contributed by atoms with E-state index in [4.69, 9.17) is 0 Å². The van der Waals surface area contributed by atoms with Gasteiger partial charge in [0.15, 0.2) is 0 Å². The van der Waals surface area contributed by atoms with Crippen LogP contribution in [0.1, 0.15) is 23.6 Å². The van der Waals surface area contributed by atoms with Gasteiger partial charge in [0.25, 0.3) is 0 Å². The molecule has 2 aromatic rings. The lowest BCUT2D eigenvalue weighted by Gasteiger charge is -2.20. The van der Waals surface area contributed by atoms with E-state index in [1.54, 1.807) is 5.56 Å². The summed E-state index contributed by atoms with van der Waals surface area (Å²) in [5.74, 6) is 0. The van der Waals surface area contributed by atoms with Crippen LogP contribution in [0, 0.1) is 0 Å². The number of rotatable bonds is 2. The van der Waals surface area contributed by atoms with Gasteiger partial charge in [0, 0.05) is 9.52 Å². The molecule has 80 valence electrons. The van der Waals surface area contributed by atoms with Crippen LogP contribution in [-0.2, 0) is 0 Å². The van der Waals surface area contributed by atoms with Crippen LogP contribution in [0.5, 0.6) is 0 Å². The molecule has 3 rings (SSSR count). The van der Waals surface area contributed by atoms with Crippen molar-refractivity contribution in [2.75, 3.05) is 0 Å².